The second-order valence-corrected chi connectivity index (χ2v) is 7.23. The zero-order chi connectivity index (χ0) is 17.3. The molecule has 9 heteroatoms. The molecule has 126 valence electrons. The normalized spacial score (nSPS) is 15.1. The number of aromatic nitrogens is 2. The molecular weight excluding hydrogens is 352 g/mol. The van der Waals surface area contributed by atoms with Crippen LogP contribution in [0.25, 0.3) is 0 Å². The van der Waals surface area contributed by atoms with E-state index in [1.807, 2.05) is 6.20 Å². The fraction of sp³-hybridized carbons (Fsp3) is 0.333. The molecule has 1 atom stereocenters. The van der Waals surface area contributed by atoms with Crippen LogP contribution in [0.15, 0.2) is 35.7 Å². The van der Waals surface area contributed by atoms with Crippen molar-refractivity contribution in [3.8, 4) is 0 Å². The number of nitro benzene ring substituents is 1. The maximum Gasteiger partial charge on any atom is 0.271 e. The highest BCUT2D eigenvalue weighted by atomic mass is 35.5. The summed E-state index contributed by atoms with van der Waals surface area (Å²) in [6.45, 7) is 1.78. The number of amides is 1. The lowest BCUT2D eigenvalue weighted by Gasteiger charge is -2.13. The van der Waals surface area contributed by atoms with Crippen molar-refractivity contribution in [2.24, 2.45) is 0 Å². The van der Waals surface area contributed by atoms with Gasteiger partial charge in [-0.3, -0.25) is 14.9 Å². The number of rotatable bonds is 6. The average molecular weight is 367 g/mol. The number of thioether (sulfide) groups is 1. The first-order valence-electron chi connectivity index (χ1n) is 7.40. The lowest BCUT2D eigenvalue weighted by molar-refractivity contribution is -0.384. The molecule has 1 heterocycles. The maximum absolute atomic E-state index is 12.3. The van der Waals surface area contributed by atoms with E-state index in [2.05, 4.69) is 14.9 Å². The van der Waals surface area contributed by atoms with Crippen LogP contribution >= 0.6 is 23.4 Å². The molecule has 1 N–H and O–H groups in total. The van der Waals surface area contributed by atoms with Crippen molar-refractivity contribution in [3.63, 3.8) is 0 Å². The van der Waals surface area contributed by atoms with Crippen molar-refractivity contribution in [2.75, 3.05) is 5.32 Å². The molecule has 2 aromatic rings. The van der Waals surface area contributed by atoms with Crippen molar-refractivity contribution in [1.82, 2.24) is 9.55 Å². The Balaban J connectivity index is 1.65. The van der Waals surface area contributed by atoms with Crippen LogP contribution in [0.3, 0.4) is 0 Å². The summed E-state index contributed by atoms with van der Waals surface area (Å²) in [5.41, 5.74) is 0.233. The molecule has 0 aliphatic heterocycles. The molecule has 3 rings (SSSR count). The zero-order valence-corrected chi connectivity index (χ0v) is 14.4. The molecule has 24 heavy (non-hydrogen) atoms. The molecule has 0 spiro atoms. The molecule has 1 fully saturated rings. The summed E-state index contributed by atoms with van der Waals surface area (Å²) in [5, 5.41) is 14.0. The third kappa shape index (κ3) is 3.70. The minimum atomic E-state index is -0.534. The maximum atomic E-state index is 12.3. The summed E-state index contributed by atoms with van der Waals surface area (Å²) in [6, 6.07) is 4.45. The number of nitrogens with zero attached hydrogens (tertiary/aromatic N) is 3. The van der Waals surface area contributed by atoms with Gasteiger partial charge < -0.3 is 9.88 Å². The van der Waals surface area contributed by atoms with Crippen LogP contribution in [-0.2, 0) is 4.79 Å². The highest BCUT2D eigenvalue weighted by molar-refractivity contribution is 8.00. The number of nitro groups is 1. The Morgan fingerprint density at radius 1 is 1.54 bits per heavy atom. The fourth-order valence-electron chi connectivity index (χ4n) is 2.19. The first kappa shape index (κ1) is 16.8. The predicted molar refractivity (Wildman–Crippen MR) is 92.6 cm³/mol. The molecule has 1 aliphatic rings. The molecule has 1 aromatic heterocycles. The molecule has 1 amide bonds. The van der Waals surface area contributed by atoms with Crippen LogP contribution in [0.1, 0.15) is 25.8 Å². The lowest BCUT2D eigenvalue weighted by atomic mass is 10.2. The minimum absolute atomic E-state index is 0.119. The van der Waals surface area contributed by atoms with Gasteiger partial charge in [0.15, 0.2) is 5.16 Å². The second kappa shape index (κ2) is 6.82. The first-order chi connectivity index (χ1) is 11.5. The summed E-state index contributed by atoms with van der Waals surface area (Å²) < 4.78 is 2.09. The highest BCUT2D eigenvalue weighted by Crippen LogP contribution is 2.38. The number of hydrogen-bond acceptors (Lipinski definition) is 5. The summed E-state index contributed by atoms with van der Waals surface area (Å²) >= 11 is 7.37. The molecule has 0 bridgehead atoms. The number of hydrogen-bond donors (Lipinski definition) is 1. The third-order valence-electron chi connectivity index (χ3n) is 3.65. The minimum Gasteiger partial charge on any atom is -0.324 e. The van der Waals surface area contributed by atoms with Gasteiger partial charge in [0.1, 0.15) is 0 Å². The predicted octanol–water partition coefficient (Wildman–Crippen LogP) is 3.90. The van der Waals surface area contributed by atoms with Gasteiger partial charge in [-0.15, -0.1) is 0 Å². The molecule has 7 nitrogen and oxygen atoms in total. The van der Waals surface area contributed by atoms with Gasteiger partial charge in [0.25, 0.3) is 5.69 Å². The van der Waals surface area contributed by atoms with Crippen molar-refractivity contribution in [3.05, 3.63) is 45.7 Å². The van der Waals surface area contributed by atoms with Crippen LogP contribution < -0.4 is 5.32 Å². The smallest absolute Gasteiger partial charge is 0.271 e. The Labute approximate surface area is 147 Å². The van der Waals surface area contributed by atoms with Crippen molar-refractivity contribution in [2.45, 2.75) is 36.2 Å². The standard InChI is InChI=1S/C15H15ClN4O3S/c1-9(24-15-17-6-7-19(15)10-2-3-10)14(21)18-13-5-4-11(20(22)23)8-12(13)16/h4-10H,2-3H2,1H3,(H,18,21). The molecule has 1 saturated carbocycles. The Bertz CT molecular complexity index is 791. The quantitative estimate of drug-likeness (QED) is 0.475. The van der Waals surface area contributed by atoms with E-state index in [0.29, 0.717) is 11.7 Å². The second-order valence-electron chi connectivity index (χ2n) is 5.52. The number of carbonyl (C=O) groups excluding carboxylic acids is 1. The largest absolute Gasteiger partial charge is 0.324 e. The average Bonchev–Trinajstić information content (AvgIpc) is 3.28. The highest BCUT2D eigenvalue weighted by Gasteiger charge is 2.27. The van der Waals surface area contributed by atoms with Crippen LogP contribution in [0.4, 0.5) is 11.4 Å². The first-order valence-corrected chi connectivity index (χ1v) is 8.66. The van der Waals surface area contributed by atoms with E-state index < -0.39 is 4.92 Å². The number of non-ortho nitro benzene ring substituents is 1. The van der Waals surface area contributed by atoms with Gasteiger partial charge >= 0.3 is 0 Å². The van der Waals surface area contributed by atoms with Crippen LogP contribution in [0, 0.1) is 10.1 Å². The van der Waals surface area contributed by atoms with E-state index in [0.717, 1.165) is 18.0 Å². The van der Waals surface area contributed by atoms with Gasteiger partial charge in [0, 0.05) is 30.6 Å². The summed E-state index contributed by atoms with van der Waals surface area (Å²) in [4.78, 5) is 26.8. The Morgan fingerprint density at radius 3 is 2.92 bits per heavy atom. The van der Waals surface area contributed by atoms with Gasteiger partial charge in [-0.1, -0.05) is 23.4 Å². The van der Waals surface area contributed by atoms with E-state index in [1.54, 1.807) is 13.1 Å². The van der Waals surface area contributed by atoms with Gasteiger partial charge in [-0.05, 0) is 25.8 Å². The van der Waals surface area contributed by atoms with Gasteiger partial charge in [-0.2, -0.15) is 0 Å². The van der Waals surface area contributed by atoms with Crippen LogP contribution in [0.5, 0.6) is 0 Å². The molecule has 1 aliphatic carbocycles. The third-order valence-corrected chi connectivity index (χ3v) is 5.05. The lowest BCUT2D eigenvalue weighted by Crippen LogP contribution is -2.23. The molecular formula is C15H15ClN4O3S. The van der Waals surface area contributed by atoms with Crippen molar-refractivity contribution in [1.29, 1.82) is 0 Å². The number of carbonyl (C=O) groups is 1. The Morgan fingerprint density at radius 2 is 2.29 bits per heavy atom. The summed E-state index contributed by atoms with van der Waals surface area (Å²) in [6.07, 6.45) is 5.95. The molecule has 0 saturated heterocycles. The van der Waals surface area contributed by atoms with E-state index >= 15 is 0 Å². The number of halogens is 1. The number of anilines is 1. The van der Waals surface area contributed by atoms with Crippen molar-refractivity contribution < 1.29 is 9.72 Å². The van der Waals surface area contributed by atoms with Gasteiger partial charge in [0.05, 0.1) is 20.9 Å². The SMILES string of the molecule is CC(Sc1nccn1C1CC1)C(=O)Nc1ccc([N+](=O)[O-])cc1Cl. The zero-order valence-electron chi connectivity index (χ0n) is 12.8. The summed E-state index contributed by atoms with van der Waals surface area (Å²) in [7, 11) is 0. The topological polar surface area (TPSA) is 90.1 Å². The number of benzene rings is 1. The van der Waals surface area contributed by atoms with E-state index in [-0.39, 0.29) is 21.9 Å². The summed E-state index contributed by atoms with van der Waals surface area (Å²) in [5.74, 6) is -0.235. The van der Waals surface area contributed by atoms with Gasteiger partial charge in [-0.25, -0.2) is 4.98 Å². The van der Waals surface area contributed by atoms with Crippen LogP contribution in [0.2, 0.25) is 5.02 Å². The molecule has 0 radical (unpaired) electrons. The number of nitrogens with one attached hydrogen (secondary N) is 1. The monoisotopic (exact) mass is 366 g/mol. The van der Waals surface area contributed by atoms with E-state index in [1.165, 1.54) is 30.0 Å². The number of imidazole rings is 1. The Hall–Kier alpha value is -2.06. The van der Waals surface area contributed by atoms with Gasteiger partial charge in [0.2, 0.25) is 5.91 Å². The fourth-order valence-corrected chi connectivity index (χ4v) is 3.34. The molecule has 1 aromatic carbocycles. The van der Waals surface area contributed by atoms with E-state index in [4.69, 9.17) is 11.6 Å². The Kier molecular flexibility index (Phi) is 4.77. The van der Waals surface area contributed by atoms with Crippen LogP contribution in [-0.4, -0.2) is 25.6 Å². The van der Waals surface area contributed by atoms with Crippen molar-refractivity contribution >= 4 is 40.6 Å². The van der Waals surface area contributed by atoms with E-state index in [9.17, 15) is 14.9 Å². The molecule has 1 unspecified atom stereocenters.